The molecule has 2 atom stereocenters. The molecule has 0 aromatic heterocycles. The molecule has 20 heavy (non-hydrogen) atoms. The van der Waals surface area contributed by atoms with Gasteiger partial charge in [0.1, 0.15) is 11.6 Å². The van der Waals surface area contributed by atoms with Crippen LogP contribution in [0.25, 0.3) is 0 Å². The van der Waals surface area contributed by atoms with E-state index in [2.05, 4.69) is 5.32 Å². The number of benzene rings is 1. The van der Waals surface area contributed by atoms with Crippen LogP contribution in [-0.2, 0) is 0 Å². The second-order valence-electron chi connectivity index (χ2n) is 5.19. The van der Waals surface area contributed by atoms with Gasteiger partial charge in [-0.3, -0.25) is 4.79 Å². The number of carbonyl (C=O) groups excluding carboxylic acids is 1. The average Bonchev–Trinajstić information content (AvgIpc) is 2.44. The highest BCUT2D eigenvalue weighted by molar-refractivity contribution is 6.20. The standard InChI is InChI=1S/C15H19ClFNO2/c1-20-12-5-6-13(14(17)8-12)15(19)18-9-10-3-2-4-11(16)7-10/h5-6,8,10-11H,2-4,7,9H2,1H3,(H,18,19). The molecule has 5 heteroatoms. The van der Waals surface area contributed by atoms with Gasteiger partial charge in [0.25, 0.3) is 5.91 Å². The van der Waals surface area contributed by atoms with Crippen molar-refractivity contribution in [3.05, 3.63) is 29.6 Å². The third kappa shape index (κ3) is 3.85. The molecule has 3 nitrogen and oxygen atoms in total. The molecule has 1 aliphatic carbocycles. The summed E-state index contributed by atoms with van der Waals surface area (Å²) in [5.41, 5.74) is 0.0454. The SMILES string of the molecule is COc1ccc(C(=O)NCC2CCCC(Cl)C2)c(F)c1. The van der Waals surface area contributed by atoms with E-state index in [-0.39, 0.29) is 16.8 Å². The molecule has 0 bridgehead atoms. The maximum Gasteiger partial charge on any atom is 0.254 e. The van der Waals surface area contributed by atoms with E-state index < -0.39 is 5.82 Å². The summed E-state index contributed by atoms with van der Waals surface area (Å²) in [5.74, 6) is -0.171. The minimum atomic E-state index is -0.569. The van der Waals surface area contributed by atoms with Gasteiger partial charge in [-0.15, -0.1) is 11.6 Å². The number of amides is 1. The predicted octanol–water partition coefficient (Wildman–Crippen LogP) is 3.36. The molecule has 110 valence electrons. The Balaban J connectivity index is 1.91. The van der Waals surface area contributed by atoms with Crippen molar-refractivity contribution in [2.45, 2.75) is 31.1 Å². The van der Waals surface area contributed by atoms with Crippen LogP contribution in [-0.4, -0.2) is 24.9 Å². The lowest BCUT2D eigenvalue weighted by Gasteiger charge is -2.25. The number of hydrogen-bond acceptors (Lipinski definition) is 2. The minimum Gasteiger partial charge on any atom is -0.497 e. The molecule has 0 heterocycles. The van der Waals surface area contributed by atoms with E-state index in [1.807, 2.05) is 0 Å². The highest BCUT2D eigenvalue weighted by Gasteiger charge is 2.21. The molecule has 1 N–H and O–H groups in total. The van der Waals surface area contributed by atoms with Gasteiger partial charge >= 0.3 is 0 Å². The fourth-order valence-electron chi connectivity index (χ4n) is 2.55. The van der Waals surface area contributed by atoms with Gasteiger partial charge in [-0.25, -0.2) is 4.39 Å². The summed E-state index contributed by atoms with van der Waals surface area (Å²) in [4.78, 5) is 12.0. The normalized spacial score (nSPS) is 22.4. The van der Waals surface area contributed by atoms with E-state index in [1.54, 1.807) is 6.07 Å². The fourth-order valence-corrected chi connectivity index (χ4v) is 2.96. The lowest BCUT2D eigenvalue weighted by atomic mass is 9.89. The minimum absolute atomic E-state index is 0.0454. The molecular weight excluding hydrogens is 281 g/mol. The quantitative estimate of drug-likeness (QED) is 0.866. The van der Waals surface area contributed by atoms with Crippen molar-refractivity contribution in [3.8, 4) is 5.75 Å². The van der Waals surface area contributed by atoms with Crippen LogP contribution in [0, 0.1) is 11.7 Å². The predicted molar refractivity (Wildman–Crippen MR) is 76.9 cm³/mol. The van der Waals surface area contributed by atoms with Gasteiger partial charge in [0, 0.05) is 18.0 Å². The van der Waals surface area contributed by atoms with Crippen LogP contribution in [0.5, 0.6) is 5.75 Å². The van der Waals surface area contributed by atoms with Gasteiger partial charge in [0.15, 0.2) is 0 Å². The molecule has 2 rings (SSSR count). The highest BCUT2D eigenvalue weighted by atomic mass is 35.5. The monoisotopic (exact) mass is 299 g/mol. The van der Waals surface area contributed by atoms with Crippen molar-refractivity contribution < 1.29 is 13.9 Å². The summed E-state index contributed by atoms with van der Waals surface area (Å²) in [6.45, 7) is 0.549. The molecule has 0 radical (unpaired) electrons. The second kappa shape index (κ2) is 6.93. The van der Waals surface area contributed by atoms with Crippen LogP contribution in [0.2, 0.25) is 0 Å². The van der Waals surface area contributed by atoms with Crippen LogP contribution in [0.3, 0.4) is 0 Å². The molecule has 1 aromatic carbocycles. The molecule has 1 saturated carbocycles. The van der Waals surface area contributed by atoms with Crippen LogP contribution >= 0.6 is 11.6 Å². The summed E-state index contributed by atoms with van der Waals surface area (Å²) >= 11 is 6.12. The lowest BCUT2D eigenvalue weighted by Crippen LogP contribution is -2.32. The van der Waals surface area contributed by atoms with E-state index in [9.17, 15) is 9.18 Å². The molecule has 1 aromatic rings. The number of hydrogen-bond donors (Lipinski definition) is 1. The van der Waals surface area contributed by atoms with Gasteiger partial charge < -0.3 is 10.1 Å². The molecule has 0 aliphatic heterocycles. The van der Waals surface area contributed by atoms with Gasteiger partial charge in [0.05, 0.1) is 12.7 Å². The molecule has 1 amide bonds. The maximum absolute atomic E-state index is 13.8. The molecule has 2 unspecified atom stereocenters. The van der Waals surface area contributed by atoms with Crippen molar-refractivity contribution in [3.63, 3.8) is 0 Å². The topological polar surface area (TPSA) is 38.3 Å². The Morgan fingerprint density at radius 1 is 1.50 bits per heavy atom. The van der Waals surface area contributed by atoms with Crippen molar-refractivity contribution in [1.82, 2.24) is 5.32 Å². The number of ether oxygens (including phenoxy) is 1. The van der Waals surface area contributed by atoms with Crippen molar-refractivity contribution >= 4 is 17.5 Å². The molecular formula is C15H19ClFNO2. The highest BCUT2D eigenvalue weighted by Crippen LogP contribution is 2.27. The van der Waals surface area contributed by atoms with Crippen LogP contribution in [0.4, 0.5) is 4.39 Å². The second-order valence-corrected chi connectivity index (χ2v) is 5.80. The van der Waals surface area contributed by atoms with Gasteiger partial charge in [0.2, 0.25) is 0 Å². The van der Waals surface area contributed by atoms with Gasteiger partial charge in [-0.2, -0.15) is 0 Å². The van der Waals surface area contributed by atoms with E-state index >= 15 is 0 Å². The van der Waals surface area contributed by atoms with E-state index in [4.69, 9.17) is 16.3 Å². The zero-order valence-electron chi connectivity index (χ0n) is 11.5. The first-order valence-electron chi connectivity index (χ1n) is 6.86. The Kier molecular flexibility index (Phi) is 5.24. The van der Waals surface area contributed by atoms with Crippen molar-refractivity contribution in [2.75, 3.05) is 13.7 Å². The van der Waals surface area contributed by atoms with Crippen LogP contribution in [0.1, 0.15) is 36.0 Å². The lowest BCUT2D eigenvalue weighted by molar-refractivity contribution is 0.0939. The Labute approximate surface area is 123 Å². The fraction of sp³-hybridized carbons (Fsp3) is 0.533. The summed E-state index contributed by atoms with van der Waals surface area (Å²) in [6.07, 6.45) is 4.10. The first-order chi connectivity index (χ1) is 9.60. The zero-order valence-corrected chi connectivity index (χ0v) is 12.3. The molecule has 0 spiro atoms. The van der Waals surface area contributed by atoms with Crippen molar-refractivity contribution in [1.29, 1.82) is 0 Å². The van der Waals surface area contributed by atoms with Crippen molar-refractivity contribution in [2.24, 2.45) is 5.92 Å². The van der Waals surface area contributed by atoms with E-state index in [1.165, 1.54) is 19.2 Å². The number of alkyl halides is 1. The Bertz CT molecular complexity index is 481. The number of carbonyl (C=O) groups is 1. The third-order valence-electron chi connectivity index (χ3n) is 3.69. The number of nitrogens with one attached hydrogen (secondary N) is 1. The molecule has 0 saturated heterocycles. The number of rotatable bonds is 4. The number of methoxy groups -OCH3 is 1. The average molecular weight is 300 g/mol. The molecule has 1 fully saturated rings. The zero-order chi connectivity index (χ0) is 14.5. The van der Waals surface area contributed by atoms with Gasteiger partial charge in [-0.1, -0.05) is 6.42 Å². The summed E-state index contributed by atoms with van der Waals surface area (Å²) < 4.78 is 18.7. The van der Waals surface area contributed by atoms with E-state index in [0.717, 1.165) is 25.7 Å². The largest absolute Gasteiger partial charge is 0.497 e. The van der Waals surface area contributed by atoms with Gasteiger partial charge in [-0.05, 0) is 37.3 Å². The first kappa shape index (κ1) is 15.1. The number of halogens is 2. The van der Waals surface area contributed by atoms with E-state index in [0.29, 0.717) is 18.2 Å². The van der Waals surface area contributed by atoms with Crippen LogP contribution in [0.15, 0.2) is 18.2 Å². The summed E-state index contributed by atoms with van der Waals surface area (Å²) in [5, 5.41) is 2.99. The first-order valence-corrected chi connectivity index (χ1v) is 7.29. The smallest absolute Gasteiger partial charge is 0.254 e. The Morgan fingerprint density at radius 2 is 2.30 bits per heavy atom. The summed E-state index contributed by atoms with van der Waals surface area (Å²) in [6, 6.07) is 4.23. The maximum atomic E-state index is 13.8. The molecule has 1 aliphatic rings. The summed E-state index contributed by atoms with van der Waals surface area (Å²) in [7, 11) is 1.46. The third-order valence-corrected chi connectivity index (χ3v) is 4.09. The Hall–Kier alpha value is -1.29. The van der Waals surface area contributed by atoms with Crippen LogP contribution < -0.4 is 10.1 Å². The Morgan fingerprint density at radius 3 is 2.95 bits per heavy atom.